The van der Waals surface area contributed by atoms with Crippen LogP contribution in [0.5, 0.6) is 5.75 Å². The zero-order valence-electron chi connectivity index (χ0n) is 10.6. The molecule has 1 aromatic rings. The van der Waals surface area contributed by atoms with E-state index in [1.165, 1.54) is 6.07 Å². The van der Waals surface area contributed by atoms with Crippen LogP contribution in [0.4, 0.5) is 0 Å². The lowest BCUT2D eigenvalue weighted by atomic mass is 9.88. The lowest BCUT2D eigenvalue weighted by molar-refractivity contribution is 0.423. The van der Waals surface area contributed by atoms with Crippen LogP contribution in [0.1, 0.15) is 31.2 Å². The molecule has 2 rings (SSSR count). The standard InChI is InChI=1S/C13H15NO4S/c1-19(17,18)12-10(5-4-6-11(12)16)13(14-9-15)7-2-3-8-13/h4-6,16H,2-3,7-8H2,1H3. The van der Waals surface area contributed by atoms with Crippen molar-refractivity contribution in [1.29, 1.82) is 0 Å². The Hall–Kier alpha value is -1.65. The Bertz CT molecular complexity index is 639. The Morgan fingerprint density at radius 2 is 1.95 bits per heavy atom. The van der Waals surface area contributed by atoms with Crippen LogP contribution < -0.4 is 0 Å². The summed E-state index contributed by atoms with van der Waals surface area (Å²) in [6.07, 6.45) is 5.50. The number of aromatic hydroxyl groups is 1. The lowest BCUT2D eigenvalue weighted by Gasteiger charge is -2.25. The molecular formula is C13H15NO4S. The van der Waals surface area contributed by atoms with Gasteiger partial charge in [-0.05, 0) is 18.9 Å². The SMILES string of the molecule is CS(=O)(=O)c1c(O)cccc1C1(N=C=O)CCCC1. The Morgan fingerprint density at radius 1 is 1.32 bits per heavy atom. The largest absolute Gasteiger partial charge is 0.507 e. The molecule has 0 aliphatic heterocycles. The fraction of sp³-hybridized carbons (Fsp3) is 0.462. The molecule has 1 saturated carbocycles. The van der Waals surface area contributed by atoms with Gasteiger partial charge in [0.15, 0.2) is 9.84 Å². The highest BCUT2D eigenvalue weighted by molar-refractivity contribution is 7.90. The minimum absolute atomic E-state index is 0.129. The van der Waals surface area contributed by atoms with Crippen molar-refractivity contribution in [2.75, 3.05) is 6.26 Å². The highest BCUT2D eigenvalue weighted by Crippen LogP contribution is 2.46. The van der Waals surface area contributed by atoms with Crippen molar-refractivity contribution in [2.45, 2.75) is 36.1 Å². The highest BCUT2D eigenvalue weighted by Gasteiger charge is 2.40. The molecule has 1 aromatic carbocycles. The van der Waals surface area contributed by atoms with Gasteiger partial charge in [-0.2, -0.15) is 4.99 Å². The predicted molar refractivity (Wildman–Crippen MR) is 69.5 cm³/mol. The van der Waals surface area contributed by atoms with E-state index in [0.717, 1.165) is 19.1 Å². The number of benzene rings is 1. The quantitative estimate of drug-likeness (QED) is 0.677. The molecule has 0 aromatic heterocycles. The third-order valence-corrected chi connectivity index (χ3v) is 4.73. The molecule has 6 heteroatoms. The van der Waals surface area contributed by atoms with Gasteiger partial charge in [-0.25, -0.2) is 13.2 Å². The van der Waals surface area contributed by atoms with Crippen LogP contribution >= 0.6 is 0 Å². The van der Waals surface area contributed by atoms with Gasteiger partial charge in [0.2, 0.25) is 6.08 Å². The van der Waals surface area contributed by atoms with E-state index in [-0.39, 0.29) is 10.6 Å². The van der Waals surface area contributed by atoms with E-state index in [2.05, 4.69) is 4.99 Å². The number of hydrogen-bond donors (Lipinski definition) is 1. The summed E-state index contributed by atoms with van der Waals surface area (Å²) in [7, 11) is -3.60. The molecule has 1 aliphatic carbocycles. The van der Waals surface area contributed by atoms with Gasteiger partial charge in [-0.15, -0.1) is 0 Å². The van der Waals surface area contributed by atoms with Crippen molar-refractivity contribution in [3.05, 3.63) is 23.8 Å². The molecule has 0 radical (unpaired) electrons. The summed E-state index contributed by atoms with van der Waals surface area (Å²) in [5.41, 5.74) is -0.463. The van der Waals surface area contributed by atoms with Gasteiger partial charge in [-0.3, -0.25) is 0 Å². The number of rotatable bonds is 3. The molecule has 0 unspecified atom stereocenters. The van der Waals surface area contributed by atoms with Gasteiger partial charge in [0.1, 0.15) is 10.6 Å². The first-order valence-corrected chi connectivity index (χ1v) is 7.91. The van der Waals surface area contributed by atoms with Crippen LogP contribution in [-0.2, 0) is 20.2 Å². The van der Waals surface area contributed by atoms with Crippen molar-refractivity contribution >= 4 is 15.9 Å². The van der Waals surface area contributed by atoms with E-state index in [4.69, 9.17) is 0 Å². The number of isocyanates is 1. The molecule has 0 bridgehead atoms. The molecule has 0 atom stereocenters. The van der Waals surface area contributed by atoms with Gasteiger partial charge in [0.05, 0.1) is 5.54 Å². The topological polar surface area (TPSA) is 83.8 Å². The maximum absolute atomic E-state index is 11.9. The van der Waals surface area contributed by atoms with Crippen molar-refractivity contribution in [3.8, 4) is 5.75 Å². The summed E-state index contributed by atoms with van der Waals surface area (Å²) in [4.78, 5) is 14.4. The molecule has 0 amide bonds. The van der Waals surface area contributed by atoms with Gasteiger partial charge in [0.25, 0.3) is 0 Å². The molecule has 1 aliphatic rings. The second-order valence-electron chi connectivity index (χ2n) is 4.87. The monoisotopic (exact) mass is 281 g/mol. The van der Waals surface area contributed by atoms with Gasteiger partial charge >= 0.3 is 0 Å². The fourth-order valence-corrected chi connectivity index (χ4v) is 3.88. The van der Waals surface area contributed by atoms with E-state index in [9.17, 15) is 18.3 Å². The third kappa shape index (κ3) is 2.41. The first-order valence-electron chi connectivity index (χ1n) is 6.02. The van der Waals surface area contributed by atoms with Crippen molar-refractivity contribution in [1.82, 2.24) is 0 Å². The number of nitrogens with zero attached hydrogens (tertiary/aromatic N) is 1. The molecule has 0 saturated heterocycles. The van der Waals surface area contributed by atoms with Crippen LogP contribution in [0.25, 0.3) is 0 Å². The first-order chi connectivity index (χ1) is 8.91. The van der Waals surface area contributed by atoms with Gasteiger partial charge in [0, 0.05) is 11.8 Å². The molecule has 0 spiro atoms. The van der Waals surface area contributed by atoms with E-state index >= 15 is 0 Å². The fourth-order valence-electron chi connectivity index (χ4n) is 2.77. The summed E-state index contributed by atoms with van der Waals surface area (Å²) < 4.78 is 23.8. The first kappa shape index (κ1) is 13.8. The van der Waals surface area contributed by atoms with Crippen LogP contribution in [-0.4, -0.2) is 25.9 Å². The molecule has 19 heavy (non-hydrogen) atoms. The average molecular weight is 281 g/mol. The zero-order chi connectivity index (χ0) is 14.1. The van der Waals surface area contributed by atoms with E-state index in [1.807, 2.05) is 0 Å². The number of carbonyl (C=O) groups excluding carboxylic acids is 1. The number of aliphatic imine (C=N–C) groups is 1. The second-order valence-corrected chi connectivity index (χ2v) is 6.82. The second kappa shape index (κ2) is 4.79. The minimum Gasteiger partial charge on any atom is -0.507 e. The van der Waals surface area contributed by atoms with Crippen LogP contribution in [0.15, 0.2) is 28.1 Å². The van der Waals surface area contributed by atoms with E-state index in [1.54, 1.807) is 18.2 Å². The minimum atomic E-state index is -3.60. The molecule has 1 N–H and O–H groups in total. The lowest BCUT2D eigenvalue weighted by Crippen LogP contribution is -2.22. The Labute approximate surface area is 111 Å². The molecular weight excluding hydrogens is 266 g/mol. The normalized spacial score (nSPS) is 17.9. The average Bonchev–Trinajstić information content (AvgIpc) is 2.77. The highest BCUT2D eigenvalue weighted by atomic mass is 32.2. The maximum atomic E-state index is 11.9. The van der Waals surface area contributed by atoms with Crippen molar-refractivity contribution < 1.29 is 18.3 Å². The maximum Gasteiger partial charge on any atom is 0.235 e. The Balaban J connectivity index is 2.75. The Kier molecular flexibility index (Phi) is 3.47. The number of sulfone groups is 1. The van der Waals surface area contributed by atoms with Gasteiger partial charge in [-0.1, -0.05) is 25.0 Å². The van der Waals surface area contributed by atoms with Crippen LogP contribution in [0.3, 0.4) is 0 Å². The molecule has 1 fully saturated rings. The summed E-state index contributed by atoms with van der Waals surface area (Å²) >= 11 is 0. The number of hydrogen-bond acceptors (Lipinski definition) is 5. The van der Waals surface area contributed by atoms with E-state index < -0.39 is 15.4 Å². The predicted octanol–water partition coefficient (Wildman–Crippen LogP) is 1.90. The van der Waals surface area contributed by atoms with Crippen LogP contribution in [0, 0.1) is 0 Å². The molecule has 5 nitrogen and oxygen atoms in total. The number of phenols is 1. The molecule has 102 valence electrons. The van der Waals surface area contributed by atoms with Crippen LogP contribution in [0.2, 0.25) is 0 Å². The number of phenolic OH excluding ortho intramolecular Hbond substituents is 1. The third-order valence-electron chi connectivity index (χ3n) is 3.56. The van der Waals surface area contributed by atoms with E-state index in [0.29, 0.717) is 18.4 Å². The van der Waals surface area contributed by atoms with Gasteiger partial charge < -0.3 is 5.11 Å². The Morgan fingerprint density at radius 3 is 2.47 bits per heavy atom. The summed E-state index contributed by atoms with van der Waals surface area (Å²) in [5, 5.41) is 9.85. The zero-order valence-corrected chi connectivity index (χ0v) is 11.4. The summed E-state index contributed by atoms with van der Waals surface area (Å²) in [6, 6.07) is 4.51. The molecule has 0 heterocycles. The smallest absolute Gasteiger partial charge is 0.235 e. The summed E-state index contributed by atoms with van der Waals surface area (Å²) in [6.45, 7) is 0. The van der Waals surface area contributed by atoms with Crippen molar-refractivity contribution in [2.24, 2.45) is 4.99 Å². The summed E-state index contributed by atoms with van der Waals surface area (Å²) in [5.74, 6) is -0.299. The van der Waals surface area contributed by atoms with Crippen molar-refractivity contribution in [3.63, 3.8) is 0 Å².